The quantitative estimate of drug-likeness (QED) is 0.508. The molecule has 0 radical (unpaired) electrons. The van der Waals surface area contributed by atoms with Crippen LogP contribution in [0.3, 0.4) is 0 Å². The predicted octanol–water partition coefficient (Wildman–Crippen LogP) is 2.39. The number of hydrogen-bond acceptors (Lipinski definition) is 4. The minimum Gasteiger partial charge on any atom is -0.396 e. The van der Waals surface area contributed by atoms with E-state index in [1.54, 1.807) is 14.2 Å². The molecule has 0 bridgehead atoms. The van der Waals surface area contributed by atoms with Crippen LogP contribution in [0.25, 0.3) is 0 Å². The molecule has 1 rings (SSSR count). The first kappa shape index (κ1) is 15.4. The molecule has 0 aromatic rings. The topological polar surface area (TPSA) is 47.9 Å². The first-order valence-corrected chi connectivity index (χ1v) is 6.47. The van der Waals surface area contributed by atoms with Crippen LogP contribution in [-0.4, -0.2) is 38.0 Å². The van der Waals surface area contributed by atoms with Crippen molar-refractivity contribution < 1.29 is 19.3 Å². The molecule has 4 nitrogen and oxygen atoms in total. The van der Waals surface area contributed by atoms with Crippen LogP contribution < -0.4 is 0 Å². The van der Waals surface area contributed by atoms with Gasteiger partial charge in [0.05, 0.1) is 0 Å². The highest BCUT2D eigenvalue weighted by atomic mass is 16.8. The summed E-state index contributed by atoms with van der Waals surface area (Å²) >= 11 is 0. The van der Waals surface area contributed by atoms with Crippen molar-refractivity contribution >= 4 is 0 Å². The first-order valence-electron chi connectivity index (χ1n) is 6.47. The third-order valence-corrected chi connectivity index (χ3v) is 3.01. The molecular formula is C14H24O4. The first-order chi connectivity index (χ1) is 8.76. The zero-order valence-corrected chi connectivity index (χ0v) is 11.3. The van der Waals surface area contributed by atoms with Gasteiger partial charge in [0.1, 0.15) is 0 Å². The molecule has 4 heteroatoms. The molecule has 18 heavy (non-hydrogen) atoms. The third kappa shape index (κ3) is 4.90. The van der Waals surface area contributed by atoms with Crippen LogP contribution in [0.1, 0.15) is 32.1 Å². The fourth-order valence-corrected chi connectivity index (χ4v) is 1.88. The van der Waals surface area contributed by atoms with Gasteiger partial charge in [-0.1, -0.05) is 12.2 Å². The van der Waals surface area contributed by atoms with E-state index in [-0.39, 0.29) is 12.9 Å². The lowest BCUT2D eigenvalue weighted by molar-refractivity contribution is -0.244. The Hall–Kier alpha value is -0.680. The average Bonchev–Trinajstić information content (AvgIpc) is 2.82. The molecule has 0 aliphatic carbocycles. The third-order valence-electron chi connectivity index (χ3n) is 3.01. The number of hydrogen-bond donors (Lipinski definition) is 1. The van der Waals surface area contributed by atoms with Crippen molar-refractivity contribution in [1.82, 2.24) is 0 Å². The van der Waals surface area contributed by atoms with Gasteiger partial charge in [0.15, 0.2) is 12.1 Å². The van der Waals surface area contributed by atoms with E-state index >= 15 is 0 Å². The van der Waals surface area contributed by atoms with Crippen LogP contribution in [0.2, 0.25) is 0 Å². The number of aliphatic hydroxyl groups excluding tert-OH is 1. The van der Waals surface area contributed by atoms with Crippen molar-refractivity contribution in [3.8, 4) is 0 Å². The monoisotopic (exact) mass is 256 g/mol. The number of aliphatic hydroxyl groups is 1. The van der Waals surface area contributed by atoms with Gasteiger partial charge in [-0.15, -0.1) is 0 Å². The molecule has 104 valence electrons. The normalized spacial score (nSPS) is 27.4. The van der Waals surface area contributed by atoms with E-state index in [2.05, 4.69) is 12.2 Å². The average molecular weight is 256 g/mol. The van der Waals surface area contributed by atoms with Gasteiger partial charge in [0.2, 0.25) is 0 Å². The van der Waals surface area contributed by atoms with Gasteiger partial charge >= 0.3 is 0 Å². The number of ether oxygens (including phenoxy) is 3. The van der Waals surface area contributed by atoms with E-state index < -0.39 is 5.79 Å². The van der Waals surface area contributed by atoms with Crippen LogP contribution in [0.5, 0.6) is 0 Å². The summed E-state index contributed by atoms with van der Waals surface area (Å²) < 4.78 is 16.2. The van der Waals surface area contributed by atoms with Crippen LogP contribution in [0.4, 0.5) is 0 Å². The van der Waals surface area contributed by atoms with Crippen LogP contribution >= 0.6 is 0 Å². The maximum atomic E-state index is 8.65. The second-order valence-electron chi connectivity index (χ2n) is 4.33. The molecule has 1 heterocycles. The molecule has 0 aromatic heterocycles. The number of allylic oxidation sites excluding steroid dienone is 2. The summed E-state index contributed by atoms with van der Waals surface area (Å²) in [5, 5.41) is 8.65. The van der Waals surface area contributed by atoms with Gasteiger partial charge in [-0.2, -0.15) is 0 Å². The fourth-order valence-electron chi connectivity index (χ4n) is 1.88. The molecular weight excluding hydrogens is 232 g/mol. The smallest absolute Gasteiger partial charge is 0.191 e. The summed E-state index contributed by atoms with van der Waals surface area (Å²) in [4.78, 5) is 0. The Labute approximate surface area is 109 Å². The number of rotatable bonds is 9. The van der Waals surface area contributed by atoms with Gasteiger partial charge in [0.25, 0.3) is 0 Å². The highest BCUT2D eigenvalue weighted by Crippen LogP contribution is 2.29. The van der Waals surface area contributed by atoms with Gasteiger partial charge in [-0.25, -0.2) is 0 Å². The van der Waals surface area contributed by atoms with Crippen molar-refractivity contribution in [2.24, 2.45) is 0 Å². The molecule has 2 unspecified atom stereocenters. The standard InChI is InChI=1S/C14H24O4/c1-16-13-9-11-14(17-2,18-13)10-7-5-3-4-6-8-12-15/h3,5,9,11,13,15H,4,6-8,10,12H2,1-2H3. The minimum atomic E-state index is -0.643. The lowest BCUT2D eigenvalue weighted by Crippen LogP contribution is -2.32. The molecule has 1 aliphatic heterocycles. The summed E-state index contributed by atoms with van der Waals surface area (Å²) in [7, 11) is 3.26. The SMILES string of the molecule is COC1C=CC(CCC=CCCCCO)(OC)O1. The Kier molecular flexibility index (Phi) is 7.20. The zero-order valence-electron chi connectivity index (χ0n) is 11.3. The Morgan fingerprint density at radius 2 is 2.06 bits per heavy atom. The minimum absolute atomic E-state index is 0.275. The van der Waals surface area contributed by atoms with E-state index in [1.807, 2.05) is 12.2 Å². The predicted molar refractivity (Wildman–Crippen MR) is 70.1 cm³/mol. The molecule has 1 aliphatic rings. The molecule has 0 saturated heterocycles. The maximum Gasteiger partial charge on any atom is 0.191 e. The van der Waals surface area contributed by atoms with Crippen molar-refractivity contribution in [2.75, 3.05) is 20.8 Å². The molecule has 2 atom stereocenters. The lowest BCUT2D eigenvalue weighted by atomic mass is 10.1. The van der Waals surface area contributed by atoms with Gasteiger partial charge in [0, 0.05) is 27.2 Å². The van der Waals surface area contributed by atoms with E-state index in [4.69, 9.17) is 19.3 Å². The molecule has 0 fully saturated rings. The Morgan fingerprint density at radius 1 is 1.28 bits per heavy atom. The van der Waals surface area contributed by atoms with E-state index in [1.165, 1.54) is 0 Å². The van der Waals surface area contributed by atoms with Crippen LogP contribution in [0.15, 0.2) is 24.3 Å². The summed E-state index contributed by atoms with van der Waals surface area (Å²) in [5.74, 6) is -0.643. The van der Waals surface area contributed by atoms with E-state index in [9.17, 15) is 0 Å². The molecule has 1 N–H and O–H groups in total. The summed E-state index contributed by atoms with van der Waals surface area (Å²) in [6.45, 7) is 0.275. The van der Waals surface area contributed by atoms with Crippen LogP contribution in [0, 0.1) is 0 Å². The Morgan fingerprint density at radius 3 is 2.67 bits per heavy atom. The van der Waals surface area contributed by atoms with Crippen molar-refractivity contribution in [3.63, 3.8) is 0 Å². The van der Waals surface area contributed by atoms with Crippen molar-refractivity contribution in [3.05, 3.63) is 24.3 Å². The Bertz CT molecular complexity index is 275. The van der Waals surface area contributed by atoms with Gasteiger partial charge < -0.3 is 19.3 Å². The summed E-state index contributed by atoms with van der Waals surface area (Å²) in [6, 6.07) is 0. The molecule has 0 saturated carbocycles. The highest BCUT2D eigenvalue weighted by Gasteiger charge is 2.34. The lowest BCUT2D eigenvalue weighted by Gasteiger charge is -2.26. The van der Waals surface area contributed by atoms with E-state index in [0.29, 0.717) is 0 Å². The molecule has 0 spiro atoms. The fraction of sp³-hybridized carbons (Fsp3) is 0.714. The van der Waals surface area contributed by atoms with Crippen molar-refractivity contribution in [2.45, 2.75) is 44.2 Å². The van der Waals surface area contributed by atoms with Gasteiger partial charge in [-0.3, -0.25) is 0 Å². The largest absolute Gasteiger partial charge is 0.396 e. The highest BCUT2D eigenvalue weighted by molar-refractivity contribution is 5.05. The van der Waals surface area contributed by atoms with Crippen molar-refractivity contribution in [1.29, 1.82) is 0 Å². The number of unbranched alkanes of at least 4 members (excludes halogenated alkanes) is 2. The maximum absolute atomic E-state index is 8.65. The zero-order chi connectivity index (χ0) is 13.3. The summed E-state index contributed by atoms with van der Waals surface area (Å²) in [5.41, 5.74) is 0. The second kappa shape index (κ2) is 8.43. The van der Waals surface area contributed by atoms with Crippen LogP contribution in [-0.2, 0) is 14.2 Å². The second-order valence-corrected chi connectivity index (χ2v) is 4.33. The van der Waals surface area contributed by atoms with Gasteiger partial charge in [-0.05, 0) is 37.8 Å². The molecule has 0 amide bonds. The summed E-state index contributed by atoms with van der Waals surface area (Å²) in [6.07, 6.45) is 12.3. The molecule has 0 aromatic carbocycles. The number of methoxy groups -OCH3 is 2. The Balaban J connectivity index is 2.22. The van der Waals surface area contributed by atoms with E-state index in [0.717, 1.165) is 32.1 Å².